The summed E-state index contributed by atoms with van der Waals surface area (Å²) in [4.78, 5) is 14.5. The van der Waals surface area contributed by atoms with E-state index in [1.807, 2.05) is 12.1 Å². The van der Waals surface area contributed by atoms with E-state index in [9.17, 15) is 15.2 Å². The van der Waals surface area contributed by atoms with Crippen molar-refractivity contribution in [3.63, 3.8) is 0 Å². The van der Waals surface area contributed by atoms with E-state index in [-0.39, 0.29) is 16.4 Å². The third-order valence-corrected chi connectivity index (χ3v) is 14.7. The van der Waals surface area contributed by atoms with Gasteiger partial charge in [0.15, 0.2) is 0 Å². The number of anilines is 3. The largest absolute Gasteiger partial charge is 0.477 e. The van der Waals surface area contributed by atoms with Gasteiger partial charge < -0.3 is 10.0 Å². The first kappa shape index (κ1) is 37.1. The minimum Gasteiger partial charge on any atom is -0.477 e. The number of benzene rings is 8. The lowest BCUT2D eigenvalue weighted by Crippen LogP contribution is -2.26. The number of carboxylic acids is 1. The summed E-state index contributed by atoms with van der Waals surface area (Å²) < 4.78 is 0. The highest BCUT2D eigenvalue weighted by molar-refractivity contribution is 5.99. The molecule has 0 aromatic heterocycles. The molecule has 4 aliphatic rings. The molecule has 0 unspecified atom stereocenters. The van der Waals surface area contributed by atoms with E-state index >= 15 is 0 Å². The van der Waals surface area contributed by atoms with Gasteiger partial charge in [-0.3, -0.25) is 0 Å². The maximum absolute atomic E-state index is 12.1. The highest BCUT2D eigenvalue weighted by Gasteiger charge is 2.52. The fourth-order valence-corrected chi connectivity index (χ4v) is 11.8. The van der Waals surface area contributed by atoms with Crippen LogP contribution < -0.4 is 4.90 Å². The first-order valence-electron chi connectivity index (χ1n) is 21.7. The number of fused-ring (bicyclic) bond motifs is 16. The summed E-state index contributed by atoms with van der Waals surface area (Å²) in [6, 6.07) is 64.0. The molecule has 4 aliphatic carbocycles. The van der Waals surface area contributed by atoms with Gasteiger partial charge in [-0.05, 0) is 143 Å². The van der Waals surface area contributed by atoms with Gasteiger partial charge in [0, 0.05) is 27.9 Å². The Morgan fingerprint density at radius 2 is 0.810 bits per heavy atom. The topological polar surface area (TPSA) is 64.3 Å². The van der Waals surface area contributed by atoms with Crippen LogP contribution in [0.1, 0.15) is 77.8 Å². The van der Waals surface area contributed by atoms with Crippen LogP contribution >= 0.6 is 0 Å². The molecule has 0 saturated heterocycles. The number of aliphatic carboxylic acids is 1. The Kier molecular flexibility index (Phi) is 7.58. The van der Waals surface area contributed by atoms with Crippen molar-refractivity contribution in [1.82, 2.24) is 0 Å². The van der Waals surface area contributed by atoms with Crippen molar-refractivity contribution in [1.29, 1.82) is 5.26 Å². The Bertz CT molecular complexity index is 3260. The standard InChI is InChI=1S/C59H42N2O2/c1-57(2)48-17-9-5-13-40(48)44-26-22-37(31-52(44)57)61(38-23-27-45-41-14-6-10-18-49(41)58(3,4)53(45)32-38)39-24-28-47-46-25-21-35(29-36(34-60)56(62)63)30-54(46)59(55(47)33-39)50-19-11-7-15-42(50)43-16-8-12-20-51(43)59/h5-33H,1-4H3,(H,62,63)/b36-29+. The highest BCUT2D eigenvalue weighted by Crippen LogP contribution is 2.64. The van der Waals surface area contributed by atoms with Crippen LogP contribution in [0.4, 0.5) is 17.1 Å². The second kappa shape index (κ2) is 12.9. The van der Waals surface area contributed by atoms with E-state index < -0.39 is 11.4 Å². The predicted octanol–water partition coefficient (Wildman–Crippen LogP) is 14.1. The number of carbonyl (C=O) groups is 1. The van der Waals surface area contributed by atoms with Crippen molar-refractivity contribution in [2.24, 2.45) is 0 Å². The van der Waals surface area contributed by atoms with Crippen molar-refractivity contribution in [3.8, 4) is 50.6 Å². The monoisotopic (exact) mass is 810 g/mol. The molecule has 8 aromatic carbocycles. The molecule has 4 nitrogen and oxygen atoms in total. The number of hydrogen-bond acceptors (Lipinski definition) is 3. The zero-order chi connectivity index (χ0) is 43.0. The van der Waals surface area contributed by atoms with Gasteiger partial charge >= 0.3 is 5.97 Å². The highest BCUT2D eigenvalue weighted by atomic mass is 16.4. The van der Waals surface area contributed by atoms with Crippen molar-refractivity contribution < 1.29 is 9.90 Å². The van der Waals surface area contributed by atoms with Gasteiger partial charge in [0.1, 0.15) is 11.6 Å². The van der Waals surface area contributed by atoms with Gasteiger partial charge in [-0.1, -0.05) is 155 Å². The number of nitriles is 1. The summed E-state index contributed by atoms with van der Waals surface area (Å²) in [7, 11) is 0. The van der Waals surface area contributed by atoms with Crippen LogP contribution in [0.15, 0.2) is 175 Å². The number of hydrogen-bond donors (Lipinski definition) is 1. The Morgan fingerprint density at radius 1 is 0.460 bits per heavy atom. The second-order valence-electron chi connectivity index (χ2n) is 18.5. The van der Waals surface area contributed by atoms with E-state index in [4.69, 9.17) is 0 Å². The SMILES string of the molecule is CC1(C)c2ccccc2-c2ccc(N(c3ccc4c(c3)C(C)(C)c3ccccc3-4)c3ccc4c(c3)C3(c5ccccc5-c5ccccc53)c3cc(/C=C(\C#N)C(=O)O)ccc3-4)cc21. The van der Waals surface area contributed by atoms with Gasteiger partial charge in [-0.15, -0.1) is 0 Å². The molecule has 0 fully saturated rings. The van der Waals surface area contributed by atoms with Crippen LogP contribution in [0.5, 0.6) is 0 Å². The maximum atomic E-state index is 12.1. The van der Waals surface area contributed by atoms with Crippen LogP contribution in [0.25, 0.3) is 50.6 Å². The number of carboxylic acid groups (broad SMARTS) is 1. The van der Waals surface area contributed by atoms with Gasteiger partial charge in [-0.25, -0.2) is 4.79 Å². The summed E-state index contributed by atoms with van der Waals surface area (Å²) in [5.74, 6) is -1.24. The van der Waals surface area contributed by atoms with Gasteiger partial charge in [0.25, 0.3) is 0 Å². The Balaban J connectivity index is 1.12. The zero-order valence-corrected chi connectivity index (χ0v) is 35.5. The van der Waals surface area contributed by atoms with E-state index in [0.717, 1.165) is 33.8 Å². The lowest BCUT2D eigenvalue weighted by molar-refractivity contribution is -0.132. The minimum atomic E-state index is -1.24. The molecule has 0 saturated carbocycles. The van der Waals surface area contributed by atoms with Gasteiger partial charge in [-0.2, -0.15) is 5.26 Å². The molecule has 0 radical (unpaired) electrons. The Hall–Kier alpha value is -7.74. The van der Waals surface area contributed by atoms with Crippen LogP contribution in [0.3, 0.4) is 0 Å². The van der Waals surface area contributed by atoms with E-state index in [1.54, 1.807) is 0 Å². The van der Waals surface area contributed by atoms with Crippen LogP contribution in [-0.4, -0.2) is 11.1 Å². The van der Waals surface area contributed by atoms with E-state index in [0.29, 0.717) is 5.56 Å². The summed E-state index contributed by atoms with van der Waals surface area (Å²) in [6.07, 6.45) is 1.49. The second-order valence-corrected chi connectivity index (χ2v) is 18.5. The molecule has 1 N–H and O–H groups in total. The molecule has 8 aromatic rings. The summed E-state index contributed by atoms with van der Waals surface area (Å²) >= 11 is 0. The molecular weight excluding hydrogens is 769 g/mol. The molecule has 0 aliphatic heterocycles. The van der Waals surface area contributed by atoms with E-state index in [1.165, 1.54) is 78.4 Å². The summed E-state index contributed by atoms with van der Waals surface area (Å²) in [5, 5.41) is 19.6. The fourth-order valence-electron chi connectivity index (χ4n) is 11.8. The molecule has 300 valence electrons. The molecular formula is C59H42N2O2. The third-order valence-electron chi connectivity index (χ3n) is 14.7. The number of nitrogens with zero attached hydrogens (tertiary/aromatic N) is 2. The molecule has 0 amide bonds. The normalized spacial score (nSPS) is 15.6. The van der Waals surface area contributed by atoms with Crippen LogP contribution in [0.2, 0.25) is 0 Å². The average Bonchev–Trinajstić information content (AvgIpc) is 3.93. The Morgan fingerprint density at radius 3 is 1.25 bits per heavy atom. The summed E-state index contributed by atoms with van der Waals surface area (Å²) in [6.45, 7) is 9.36. The molecule has 0 bridgehead atoms. The van der Waals surface area contributed by atoms with Gasteiger partial charge in [0.2, 0.25) is 0 Å². The molecule has 63 heavy (non-hydrogen) atoms. The molecule has 0 heterocycles. The van der Waals surface area contributed by atoms with Crippen LogP contribution in [0, 0.1) is 11.3 Å². The van der Waals surface area contributed by atoms with Crippen molar-refractivity contribution >= 4 is 29.1 Å². The maximum Gasteiger partial charge on any atom is 0.346 e. The first-order chi connectivity index (χ1) is 30.5. The predicted molar refractivity (Wildman–Crippen MR) is 254 cm³/mol. The van der Waals surface area contributed by atoms with Gasteiger partial charge in [0.05, 0.1) is 5.41 Å². The molecule has 0 atom stereocenters. The molecule has 12 rings (SSSR count). The lowest BCUT2D eigenvalue weighted by atomic mass is 9.70. The fraction of sp³-hybridized carbons (Fsp3) is 0.119. The minimum absolute atomic E-state index is 0.186. The average molecular weight is 811 g/mol. The zero-order valence-electron chi connectivity index (χ0n) is 35.5. The van der Waals surface area contributed by atoms with Crippen molar-refractivity contribution in [3.05, 3.63) is 226 Å². The molecule has 4 heteroatoms. The Labute approximate surface area is 367 Å². The smallest absolute Gasteiger partial charge is 0.346 e. The quantitative estimate of drug-likeness (QED) is 0.139. The van der Waals surface area contributed by atoms with Crippen molar-refractivity contribution in [2.75, 3.05) is 4.90 Å². The third kappa shape index (κ3) is 4.88. The first-order valence-corrected chi connectivity index (χ1v) is 21.7. The van der Waals surface area contributed by atoms with Crippen LogP contribution in [-0.2, 0) is 21.0 Å². The van der Waals surface area contributed by atoms with Crippen molar-refractivity contribution in [2.45, 2.75) is 43.9 Å². The summed E-state index contributed by atoms with van der Waals surface area (Å²) in [5.41, 5.74) is 22.2. The number of rotatable bonds is 5. The van der Waals surface area contributed by atoms with E-state index in [2.05, 4.69) is 196 Å². The lowest BCUT2D eigenvalue weighted by Gasteiger charge is -2.33. The molecule has 1 spiro atoms.